The van der Waals surface area contributed by atoms with Crippen molar-refractivity contribution < 1.29 is 73.0 Å². The van der Waals surface area contributed by atoms with E-state index in [2.05, 4.69) is 0 Å². The first kappa shape index (κ1) is 53.2. The number of ether oxygens (including phenoxy) is 8. The number of cyclic esters (lactones) is 1. The number of hydrogen-bond donors (Lipinski definition) is 5. The molecule has 0 bridgehead atoms. The Bertz CT molecular complexity index is 1470. The quantitative estimate of drug-likeness (QED) is 0.199. The molecule has 4 saturated heterocycles. The van der Waals surface area contributed by atoms with Crippen LogP contribution >= 0.6 is 0 Å². The molecule has 4 heterocycles. The number of carbonyl (C=O) groups excluding carboxylic acids is 2. The Morgan fingerprint density at radius 3 is 1.87 bits per heavy atom. The third-order valence-corrected chi connectivity index (χ3v) is 14.5. The molecule has 362 valence electrons. The maximum absolute atomic E-state index is 14.5. The zero-order valence-corrected chi connectivity index (χ0v) is 40.2. The molecule has 3 unspecified atom stereocenters. The van der Waals surface area contributed by atoms with Gasteiger partial charge in [-0.25, -0.2) is 0 Å². The highest BCUT2D eigenvalue weighted by atomic mass is 16.7. The molecule has 17 heteroatoms. The molecule has 5 N–H and O–H groups in total. The van der Waals surface area contributed by atoms with Crippen molar-refractivity contribution in [2.45, 2.75) is 217 Å². The number of rotatable bonds is 10. The van der Waals surface area contributed by atoms with Crippen LogP contribution in [0, 0.1) is 23.7 Å². The third kappa shape index (κ3) is 11.4. The van der Waals surface area contributed by atoms with Crippen LogP contribution in [0.5, 0.6) is 0 Å². The summed E-state index contributed by atoms with van der Waals surface area (Å²) in [6, 6.07) is -0.718. The first-order chi connectivity index (χ1) is 28.6. The minimum atomic E-state index is -2.03. The van der Waals surface area contributed by atoms with Crippen molar-refractivity contribution in [3.63, 3.8) is 0 Å². The minimum Gasteiger partial charge on any atom is -0.459 e. The minimum absolute atomic E-state index is 0.0212. The number of aliphatic hydroxyl groups is 5. The predicted molar refractivity (Wildman–Crippen MR) is 228 cm³/mol. The molecule has 0 spiro atoms. The van der Waals surface area contributed by atoms with Gasteiger partial charge in [0.25, 0.3) is 0 Å². The molecule has 62 heavy (non-hydrogen) atoms. The third-order valence-electron chi connectivity index (χ3n) is 14.5. The van der Waals surface area contributed by atoms with Crippen LogP contribution in [0.2, 0.25) is 0 Å². The summed E-state index contributed by atoms with van der Waals surface area (Å²) in [5, 5.41) is 57.8. The van der Waals surface area contributed by atoms with Gasteiger partial charge in [0.15, 0.2) is 18.9 Å². The molecule has 17 nitrogen and oxygen atoms in total. The Balaban J connectivity index is 1.97. The van der Waals surface area contributed by atoms with Gasteiger partial charge in [-0.3, -0.25) is 9.59 Å². The first-order valence-corrected chi connectivity index (χ1v) is 22.7. The fourth-order valence-electron chi connectivity index (χ4n) is 10.4. The van der Waals surface area contributed by atoms with Gasteiger partial charge in [0.05, 0.1) is 59.8 Å². The molecule has 4 rings (SSSR count). The van der Waals surface area contributed by atoms with Crippen molar-refractivity contribution >= 4 is 11.8 Å². The van der Waals surface area contributed by atoms with Crippen molar-refractivity contribution in [2.24, 2.45) is 23.7 Å². The molecular weight excluding hydrogens is 808 g/mol. The lowest BCUT2D eigenvalue weighted by Crippen LogP contribution is -2.63. The van der Waals surface area contributed by atoms with Gasteiger partial charge >= 0.3 is 5.97 Å². The molecule has 4 aliphatic rings. The number of Topliss-reactive ketones (excluding diaryl/α,β-unsaturated/α-hetero) is 1. The predicted octanol–water partition coefficient (Wildman–Crippen LogP) is 2.24. The summed E-state index contributed by atoms with van der Waals surface area (Å²) in [4.78, 5) is 32.9. The van der Waals surface area contributed by atoms with E-state index in [0.717, 1.165) is 0 Å². The highest BCUT2D eigenvalue weighted by molar-refractivity contribution is 5.83. The van der Waals surface area contributed by atoms with E-state index in [1.807, 2.05) is 51.8 Å². The number of esters is 1. The highest BCUT2D eigenvalue weighted by Gasteiger charge is 2.55. The molecule has 0 aliphatic carbocycles. The summed E-state index contributed by atoms with van der Waals surface area (Å²) >= 11 is 0. The standard InChI is InChI=1S/C45H82N2O15/c1-17-31-45(11,54)38(51)24(4)34(48)22(2)20-44(10,62-32-19-30(47(14)15)35(49)27(7)57-32)40(61-42-36(50)29(46(12)13)18-23(3)56-42)25(5)37(26(6)41(53)59-31)60-33-21-43(9,55-16)39(52)28(8)58-33/h22-33,35-40,42,49-52,54H,17-21H2,1-16H3/t22-,23-,24+,25+,26-,27+,28+,29+,30-,31-,32?,33?,35+,36-,37+,38-,39+,40-,42?,43-,44-,45-/m1/s1. The molecule has 0 amide bonds. The van der Waals surface area contributed by atoms with E-state index in [1.165, 1.54) is 14.0 Å². The van der Waals surface area contributed by atoms with Crippen molar-refractivity contribution in [3.8, 4) is 0 Å². The number of likely N-dealkylation sites (N-methyl/N-ethyl adjacent to an activating group) is 2. The second-order valence-electron chi connectivity index (χ2n) is 20.1. The maximum Gasteiger partial charge on any atom is 0.311 e. The van der Waals surface area contributed by atoms with Crippen molar-refractivity contribution in [2.75, 3.05) is 35.3 Å². The Morgan fingerprint density at radius 1 is 0.726 bits per heavy atom. The number of carbonyl (C=O) groups is 2. The summed E-state index contributed by atoms with van der Waals surface area (Å²) < 4.78 is 51.9. The Hall–Kier alpha value is -1.42. The van der Waals surface area contributed by atoms with Crippen LogP contribution in [0.1, 0.15) is 108 Å². The van der Waals surface area contributed by atoms with Gasteiger partial charge in [0.2, 0.25) is 0 Å². The Kier molecular flexibility index (Phi) is 18.1. The SMILES string of the molecule is CC[C@H]1OC(=O)[C@H](C)[C@@H](OC2C[C@@](C)(OC)[C@@H](O)[C@H](C)O2)[C@H](C)[C@@H](OC2O[C@H](C)C[C@H](N(C)C)[C@H]2O)[C@](C)(OC2C[C@@H](N(C)C)[C@@H](O)[C@H](C)O2)C[C@@H](C)C(=O)[C@H](C)[C@@H](O)[C@]1(C)O. The van der Waals surface area contributed by atoms with Crippen molar-refractivity contribution in [1.82, 2.24) is 9.80 Å². The summed E-state index contributed by atoms with van der Waals surface area (Å²) in [6.45, 7) is 18.7. The largest absolute Gasteiger partial charge is 0.459 e. The van der Waals surface area contributed by atoms with Gasteiger partial charge in [0, 0.05) is 49.8 Å². The summed E-state index contributed by atoms with van der Waals surface area (Å²) in [5.74, 6) is -5.01. The van der Waals surface area contributed by atoms with E-state index in [0.29, 0.717) is 6.42 Å². The second-order valence-corrected chi connectivity index (χ2v) is 20.1. The van der Waals surface area contributed by atoms with E-state index < -0.39 is 120 Å². The fourth-order valence-corrected chi connectivity index (χ4v) is 10.4. The van der Waals surface area contributed by atoms with Crippen LogP contribution in [-0.2, 0) is 47.5 Å². The first-order valence-electron chi connectivity index (χ1n) is 22.7. The van der Waals surface area contributed by atoms with Crippen molar-refractivity contribution in [3.05, 3.63) is 0 Å². The van der Waals surface area contributed by atoms with E-state index in [4.69, 9.17) is 37.9 Å². The normalized spacial score (nSPS) is 49.4. The zero-order chi connectivity index (χ0) is 47.0. The lowest BCUT2D eigenvalue weighted by molar-refractivity contribution is -0.340. The van der Waals surface area contributed by atoms with E-state index in [9.17, 15) is 35.1 Å². The summed E-state index contributed by atoms with van der Waals surface area (Å²) in [7, 11) is 8.96. The summed E-state index contributed by atoms with van der Waals surface area (Å²) in [5.41, 5.74) is -4.63. The van der Waals surface area contributed by atoms with Crippen LogP contribution in [0.3, 0.4) is 0 Å². The van der Waals surface area contributed by atoms with Crippen LogP contribution in [0.25, 0.3) is 0 Å². The average molecular weight is 891 g/mol. The number of nitrogens with zero attached hydrogens (tertiary/aromatic N) is 2. The van der Waals surface area contributed by atoms with E-state index >= 15 is 0 Å². The molecule has 0 aromatic carbocycles. The number of hydrogen-bond acceptors (Lipinski definition) is 17. The molecule has 22 atom stereocenters. The van der Waals surface area contributed by atoms with Crippen molar-refractivity contribution in [1.29, 1.82) is 0 Å². The van der Waals surface area contributed by atoms with Gasteiger partial charge in [-0.15, -0.1) is 0 Å². The average Bonchev–Trinajstić information content (AvgIpc) is 3.19. The van der Waals surface area contributed by atoms with E-state index in [-0.39, 0.29) is 49.7 Å². The van der Waals surface area contributed by atoms with Crippen LogP contribution in [0.15, 0.2) is 0 Å². The molecule has 4 fully saturated rings. The maximum atomic E-state index is 14.5. The molecule has 4 aliphatic heterocycles. The van der Waals surface area contributed by atoms with Gasteiger partial charge in [-0.2, -0.15) is 0 Å². The summed E-state index contributed by atoms with van der Waals surface area (Å²) in [6.07, 6.45) is -12.0. The fraction of sp³-hybridized carbons (Fsp3) is 0.956. The second kappa shape index (κ2) is 21.0. The number of methoxy groups -OCH3 is 1. The van der Waals surface area contributed by atoms with Gasteiger partial charge in [-0.05, 0) is 95.9 Å². The van der Waals surface area contributed by atoms with Gasteiger partial charge in [-0.1, -0.05) is 27.7 Å². The Labute approximate surface area is 369 Å². The molecule has 0 saturated carbocycles. The van der Waals surface area contributed by atoms with E-state index in [1.54, 1.807) is 55.4 Å². The molecule has 0 aromatic rings. The lowest BCUT2D eigenvalue weighted by atomic mass is 9.73. The topological polar surface area (TPSA) is 216 Å². The molecular formula is C45H82N2O15. The van der Waals surface area contributed by atoms with Crippen LogP contribution < -0.4 is 0 Å². The van der Waals surface area contributed by atoms with Gasteiger partial charge < -0.3 is 73.2 Å². The monoisotopic (exact) mass is 891 g/mol. The highest BCUT2D eigenvalue weighted by Crippen LogP contribution is 2.43. The lowest BCUT2D eigenvalue weighted by Gasteiger charge is -2.51. The zero-order valence-electron chi connectivity index (χ0n) is 40.2. The number of ketones is 1. The smallest absolute Gasteiger partial charge is 0.311 e. The molecule has 0 radical (unpaired) electrons. The Morgan fingerprint density at radius 2 is 1.31 bits per heavy atom. The van der Waals surface area contributed by atoms with Gasteiger partial charge in [0.1, 0.15) is 29.7 Å². The molecule has 0 aromatic heterocycles. The number of aliphatic hydroxyl groups excluding tert-OH is 4. The van der Waals surface area contributed by atoms with Crippen LogP contribution in [-0.4, -0.2) is 191 Å². The van der Waals surface area contributed by atoms with Crippen LogP contribution in [0.4, 0.5) is 0 Å².